The van der Waals surface area contributed by atoms with Crippen LogP contribution < -0.4 is 26.1 Å². The molecule has 2 aromatic heterocycles. The van der Waals surface area contributed by atoms with Gasteiger partial charge >= 0.3 is 0 Å². The second kappa shape index (κ2) is 10.9. The van der Waals surface area contributed by atoms with Crippen LogP contribution in [0.4, 0.5) is 27.5 Å². The van der Waals surface area contributed by atoms with Crippen LogP contribution in [0.25, 0.3) is 0 Å². The number of hydrogen-bond donors (Lipinski definition) is 4. The van der Waals surface area contributed by atoms with Crippen molar-refractivity contribution in [3.63, 3.8) is 0 Å². The van der Waals surface area contributed by atoms with Crippen LogP contribution in [0.3, 0.4) is 0 Å². The lowest BCUT2D eigenvalue weighted by Crippen LogP contribution is -2.55. The lowest BCUT2D eigenvalue weighted by molar-refractivity contribution is 0.102. The van der Waals surface area contributed by atoms with Gasteiger partial charge in [0.25, 0.3) is 5.91 Å². The quantitative estimate of drug-likeness (QED) is 0.352. The molecular formula is C23H26BrFN8O2. The number of methoxy groups -OCH3 is 1. The second-order valence-electron chi connectivity index (χ2n) is 8.26. The Morgan fingerprint density at radius 2 is 1.97 bits per heavy atom. The van der Waals surface area contributed by atoms with E-state index in [-0.39, 0.29) is 17.7 Å². The fourth-order valence-electron chi connectivity index (χ4n) is 3.82. The zero-order chi connectivity index (χ0) is 24.9. The molecule has 4 rings (SSSR count). The van der Waals surface area contributed by atoms with Crippen LogP contribution in [0.15, 0.2) is 47.3 Å². The highest BCUT2D eigenvalue weighted by Gasteiger charge is 2.22. The van der Waals surface area contributed by atoms with Crippen LogP contribution in [0.1, 0.15) is 24.2 Å². The van der Waals surface area contributed by atoms with Crippen LogP contribution in [0.2, 0.25) is 0 Å². The van der Waals surface area contributed by atoms with Crippen molar-refractivity contribution in [1.82, 2.24) is 25.3 Å². The maximum atomic E-state index is 14.5. The van der Waals surface area contributed by atoms with Gasteiger partial charge in [-0.05, 0) is 54.0 Å². The molecule has 184 valence electrons. The second-order valence-corrected chi connectivity index (χ2v) is 9.18. The predicted molar refractivity (Wildman–Crippen MR) is 135 cm³/mol. The Hall–Kier alpha value is -3.35. The third-order valence-corrected chi connectivity index (χ3v) is 5.67. The minimum absolute atomic E-state index is 0.00244. The number of carbonyl (C=O) groups excluding carboxylic acids is 1. The van der Waals surface area contributed by atoms with Crippen molar-refractivity contribution in [3.8, 4) is 5.75 Å². The Morgan fingerprint density at radius 1 is 1.20 bits per heavy atom. The Balaban J connectivity index is 1.51. The number of anilines is 4. The molecule has 10 nitrogen and oxygen atoms in total. The molecule has 1 amide bonds. The zero-order valence-corrected chi connectivity index (χ0v) is 21.1. The highest BCUT2D eigenvalue weighted by Crippen LogP contribution is 2.30. The number of halogens is 2. The standard InChI is InChI=1S/C23H26BrFN8O2/c1-13-11-33(12-14(2)28-13)32-23-27-10-18(25)21(31-23)29-17-4-5-20(35-3)19(7-17)30-22(34)15-6-16(24)9-26-8-15/h4-10,13-14,28H,11-12H2,1-3H3,(H,30,34)(H2,27,29,31,32)/t13-,14+. The first-order valence-corrected chi connectivity index (χ1v) is 11.8. The number of rotatable bonds is 7. The van der Waals surface area contributed by atoms with Crippen LogP contribution in [0, 0.1) is 5.82 Å². The topological polar surface area (TPSA) is 116 Å². The number of benzene rings is 1. The number of carbonyl (C=O) groups is 1. The van der Waals surface area contributed by atoms with Gasteiger partial charge in [0.05, 0.1) is 24.6 Å². The van der Waals surface area contributed by atoms with Crippen molar-refractivity contribution in [2.75, 3.05) is 36.3 Å². The van der Waals surface area contributed by atoms with E-state index in [2.05, 4.69) is 66.1 Å². The number of pyridine rings is 1. The van der Waals surface area contributed by atoms with Gasteiger partial charge in [0, 0.05) is 47.7 Å². The van der Waals surface area contributed by atoms with Gasteiger partial charge in [0.1, 0.15) is 5.75 Å². The van der Waals surface area contributed by atoms with E-state index in [1.54, 1.807) is 30.5 Å². The van der Waals surface area contributed by atoms with E-state index in [0.29, 0.717) is 39.2 Å². The molecule has 1 saturated heterocycles. The summed E-state index contributed by atoms with van der Waals surface area (Å²) in [5.41, 5.74) is 4.42. The minimum Gasteiger partial charge on any atom is -0.495 e. The van der Waals surface area contributed by atoms with Crippen molar-refractivity contribution >= 4 is 45.0 Å². The molecule has 0 radical (unpaired) electrons. The minimum atomic E-state index is -0.612. The first-order chi connectivity index (χ1) is 16.8. The first kappa shape index (κ1) is 24.8. The summed E-state index contributed by atoms with van der Waals surface area (Å²) in [6.45, 7) is 5.69. The lowest BCUT2D eigenvalue weighted by atomic mass is 10.2. The Bertz CT molecular complexity index is 1200. The summed E-state index contributed by atoms with van der Waals surface area (Å²) in [5.74, 6) is -0.260. The van der Waals surface area contributed by atoms with Gasteiger partial charge in [0.15, 0.2) is 11.6 Å². The predicted octanol–water partition coefficient (Wildman–Crippen LogP) is 3.79. The molecule has 4 N–H and O–H groups in total. The van der Waals surface area contributed by atoms with Gasteiger partial charge < -0.3 is 20.7 Å². The Morgan fingerprint density at radius 3 is 2.69 bits per heavy atom. The normalized spacial score (nSPS) is 18.1. The number of aromatic nitrogens is 3. The molecule has 12 heteroatoms. The molecule has 0 saturated carbocycles. The molecule has 2 atom stereocenters. The van der Waals surface area contributed by atoms with Gasteiger partial charge in [-0.25, -0.2) is 14.4 Å². The molecular weight excluding hydrogens is 519 g/mol. The number of ether oxygens (including phenoxy) is 1. The third kappa shape index (κ3) is 6.41. The molecule has 1 aromatic carbocycles. The van der Waals surface area contributed by atoms with Gasteiger partial charge in [0.2, 0.25) is 5.95 Å². The highest BCUT2D eigenvalue weighted by molar-refractivity contribution is 9.10. The van der Waals surface area contributed by atoms with E-state index >= 15 is 0 Å². The summed E-state index contributed by atoms with van der Waals surface area (Å²) >= 11 is 3.31. The van der Waals surface area contributed by atoms with Crippen molar-refractivity contribution in [2.24, 2.45) is 0 Å². The fraction of sp³-hybridized carbons (Fsp3) is 0.304. The van der Waals surface area contributed by atoms with E-state index in [9.17, 15) is 9.18 Å². The van der Waals surface area contributed by atoms with Crippen molar-refractivity contribution in [1.29, 1.82) is 0 Å². The van der Waals surface area contributed by atoms with E-state index in [4.69, 9.17) is 4.74 Å². The summed E-state index contributed by atoms with van der Waals surface area (Å²) in [6.07, 6.45) is 4.16. The molecule has 0 aliphatic carbocycles. The van der Waals surface area contributed by atoms with Crippen LogP contribution in [-0.4, -0.2) is 58.2 Å². The van der Waals surface area contributed by atoms with Crippen LogP contribution in [-0.2, 0) is 0 Å². The molecule has 1 aliphatic heterocycles. The smallest absolute Gasteiger partial charge is 0.257 e. The summed E-state index contributed by atoms with van der Waals surface area (Å²) in [5, 5.41) is 11.2. The maximum absolute atomic E-state index is 14.5. The summed E-state index contributed by atoms with van der Waals surface area (Å²) < 4.78 is 20.6. The first-order valence-electron chi connectivity index (χ1n) is 11.0. The molecule has 3 aromatic rings. The lowest BCUT2D eigenvalue weighted by Gasteiger charge is -2.35. The van der Waals surface area contributed by atoms with Gasteiger partial charge in [-0.3, -0.25) is 15.2 Å². The maximum Gasteiger partial charge on any atom is 0.257 e. The number of amides is 1. The number of nitrogens with zero attached hydrogens (tertiary/aromatic N) is 4. The Kier molecular flexibility index (Phi) is 7.73. The largest absolute Gasteiger partial charge is 0.495 e. The average molecular weight is 545 g/mol. The number of piperazine rings is 1. The van der Waals surface area contributed by atoms with Gasteiger partial charge in [-0.15, -0.1) is 0 Å². The Labute approximate surface area is 210 Å². The number of nitrogens with one attached hydrogen (secondary N) is 4. The van der Waals surface area contributed by atoms with Crippen LogP contribution >= 0.6 is 15.9 Å². The molecule has 3 heterocycles. The third-order valence-electron chi connectivity index (χ3n) is 5.24. The molecule has 1 fully saturated rings. The molecule has 0 bridgehead atoms. The number of hydrazine groups is 1. The van der Waals surface area contributed by atoms with Gasteiger partial charge in [-0.2, -0.15) is 4.98 Å². The molecule has 0 spiro atoms. The summed E-state index contributed by atoms with van der Waals surface area (Å²) in [7, 11) is 1.50. The molecule has 1 aliphatic rings. The SMILES string of the molecule is COc1ccc(Nc2nc(NN3C[C@@H](C)N[C@@H](C)C3)ncc2F)cc1NC(=O)c1cncc(Br)c1. The zero-order valence-electron chi connectivity index (χ0n) is 19.5. The van der Waals surface area contributed by atoms with E-state index in [1.807, 2.05) is 5.01 Å². The fourth-order valence-corrected chi connectivity index (χ4v) is 4.18. The monoisotopic (exact) mass is 544 g/mol. The number of hydrogen-bond acceptors (Lipinski definition) is 9. The van der Waals surface area contributed by atoms with Crippen LogP contribution in [0.5, 0.6) is 5.75 Å². The van der Waals surface area contributed by atoms with E-state index in [1.165, 1.54) is 13.3 Å². The van der Waals surface area contributed by atoms with Crippen molar-refractivity contribution < 1.29 is 13.9 Å². The van der Waals surface area contributed by atoms with Gasteiger partial charge in [-0.1, -0.05) is 0 Å². The van der Waals surface area contributed by atoms with E-state index in [0.717, 1.165) is 19.3 Å². The van der Waals surface area contributed by atoms with Crippen molar-refractivity contribution in [3.05, 3.63) is 58.7 Å². The summed E-state index contributed by atoms with van der Waals surface area (Å²) in [4.78, 5) is 25.1. The average Bonchev–Trinajstić information content (AvgIpc) is 2.81. The van der Waals surface area contributed by atoms with E-state index < -0.39 is 5.82 Å². The van der Waals surface area contributed by atoms with Crippen molar-refractivity contribution in [2.45, 2.75) is 25.9 Å². The summed E-state index contributed by atoms with van der Waals surface area (Å²) in [6, 6.07) is 7.25. The highest BCUT2D eigenvalue weighted by atomic mass is 79.9. The molecule has 0 unspecified atom stereocenters. The molecule has 35 heavy (non-hydrogen) atoms.